The van der Waals surface area contributed by atoms with Crippen LogP contribution in [0.2, 0.25) is 0 Å². The van der Waals surface area contributed by atoms with E-state index < -0.39 is 29.6 Å². The summed E-state index contributed by atoms with van der Waals surface area (Å²) < 4.78 is 10.6. The van der Waals surface area contributed by atoms with Gasteiger partial charge in [0.05, 0.1) is 36.7 Å². The van der Waals surface area contributed by atoms with Crippen LogP contribution in [-0.4, -0.2) is 42.3 Å². The van der Waals surface area contributed by atoms with Crippen molar-refractivity contribution in [3.63, 3.8) is 0 Å². The number of hydrogen-bond donors (Lipinski definition) is 1. The Morgan fingerprint density at radius 3 is 2.67 bits per heavy atom. The molecular weight excluding hydrogens is 384 g/mol. The zero-order valence-electron chi connectivity index (χ0n) is 15.9. The summed E-state index contributed by atoms with van der Waals surface area (Å²) in [6.07, 6.45) is 0.830. The van der Waals surface area contributed by atoms with Gasteiger partial charge in [-0.2, -0.15) is 5.26 Å². The lowest BCUT2D eigenvalue weighted by Crippen LogP contribution is -2.40. The number of cyclic esters (lactones) is 1. The summed E-state index contributed by atoms with van der Waals surface area (Å²) in [5, 5.41) is 9.75. The molecule has 150 valence electrons. The maximum atomic E-state index is 12.2. The second-order valence-corrected chi connectivity index (χ2v) is 8.36. The SMILES string of the molecule is N#CC1(c2ccc(-c3ccc4c(c3)C[C@H]3C(C(N)=O)OC(=O)N43)cn2)C2COCC21. The predicted molar refractivity (Wildman–Crippen MR) is 104 cm³/mol. The molecule has 4 atom stereocenters. The van der Waals surface area contributed by atoms with Gasteiger partial charge in [-0.15, -0.1) is 0 Å². The number of benzene rings is 1. The molecule has 1 aromatic heterocycles. The Morgan fingerprint density at radius 2 is 2.00 bits per heavy atom. The van der Waals surface area contributed by atoms with Crippen LogP contribution in [0.4, 0.5) is 10.5 Å². The number of carbonyl (C=O) groups excluding carboxylic acids is 2. The van der Waals surface area contributed by atoms with Crippen molar-refractivity contribution in [1.82, 2.24) is 4.98 Å². The smallest absolute Gasteiger partial charge is 0.415 e. The third-order valence-corrected chi connectivity index (χ3v) is 7.00. The molecule has 6 rings (SSSR count). The van der Waals surface area contributed by atoms with E-state index in [0.29, 0.717) is 19.6 Å². The maximum Gasteiger partial charge on any atom is 0.415 e. The van der Waals surface area contributed by atoms with Crippen molar-refractivity contribution in [3.8, 4) is 17.2 Å². The number of pyridine rings is 1. The molecule has 1 aliphatic carbocycles. The van der Waals surface area contributed by atoms with Crippen LogP contribution in [0.25, 0.3) is 11.1 Å². The molecule has 4 aliphatic rings. The highest BCUT2D eigenvalue weighted by atomic mass is 16.6. The Labute approximate surface area is 172 Å². The molecule has 8 heteroatoms. The number of nitrogens with zero attached hydrogens (tertiary/aromatic N) is 3. The molecule has 1 saturated carbocycles. The Balaban J connectivity index is 1.30. The van der Waals surface area contributed by atoms with E-state index in [1.54, 1.807) is 6.20 Å². The number of carbonyl (C=O) groups is 2. The van der Waals surface area contributed by atoms with Crippen LogP contribution in [0.5, 0.6) is 0 Å². The summed E-state index contributed by atoms with van der Waals surface area (Å²) in [6, 6.07) is 11.8. The van der Waals surface area contributed by atoms with Gasteiger partial charge in [0.1, 0.15) is 5.41 Å². The van der Waals surface area contributed by atoms with Crippen molar-refractivity contribution in [2.75, 3.05) is 18.1 Å². The second kappa shape index (κ2) is 5.80. The number of nitriles is 1. The Hall–Kier alpha value is -3.44. The lowest BCUT2D eigenvalue weighted by molar-refractivity contribution is -0.125. The van der Waals surface area contributed by atoms with Crippen molar-refractivity contribution < 1.29 is 19.1 Å². The first-order valence-electron chi connectivity index (χ1n) is 9.92. The molecular formula is C22H18N4O4. The van der Waals surface area contributed by atoms with Crippen LogP contribution in [-0.2, 0) is 26.1 Å². The van der Waals surface area contributed by atoms with Crippen LogP contribution in [0.1, 0.15) is 11.3 Å². The van der Waals surface area contributed by atoms with E-state index in [9.17, 15) is 14.9 Å². The van der Waals surface area contributed by atoms with Gasteiger partial charge in [0.2, 0.25) is 6.10 Å². The Bertz CT molecular complexity index is 1130. The van der Waals surface area contributed by atoms with Crippen LogP contribution < -0.4 is 10.6 Å². The molecule has 3 unspecified atom stereocenters. The Morgan fingerprint density at radius 1 is 1.23 bits per heavy atom. The zero-order valence-corrected chi connectivity index (χ0v) is 15.9. The first-order valence-corrected chi connectivity index (χ1v) is 9.92. The molecule has 2 aromatic rings. The lowest BCUT2D eigenvalue weighted by atomic mass is 9.96. The number of nitrogens with two attached hydrogens (primary N) is 1. The van der Waals surface area contributed by atoms with Crippen LogP contribution in [0.3, 0.4) is 0 Å². The molecule has 1 aromatic carbocycles. The van der Waals surface area contributed by atoms with Crippen molar-refractivity contribution >= 4 is 17.7 Å². The topological polar surface area (TPSA) is 119 Å². The van der Waals surface area contributed by atoms with Gasteiger partial charge >= 0.3 is 6.09 Å². The van der Waals surface area contributed by atoms with Crippen molar-refractivity contribution in [2.45, 2.75) is 24.0 Å². The van der Waals surface area contributed by atoms with E-state index in [0.717, 1.165) is 28.1 Å². The van der Waals surface area contributed by atoms with E-state index >= 15 is 0 Å². The third kappa shape index (κ3) is 2.10. The highest BCUT2D eigenvalue weighted by Gasteiger charge is 2.70. The van der Waals surface area contributed by atoms with Crippen molar-refractivity contribution in [2.24, 2.45) is 17.6 Å². The molecule has 2 amide bonds. The molecule has 0 radical (unpaired) electrons. The summed E-state index contributed by atoms with van der Waals surface area (Å²) in [6.45, 7) is 1.25. The summed E-state index contributed by atoms with van der Waals surface area (Å²) in [5.74, 6) is -0.148. The van der Waals surface area contributed by atoms with Gasteiger partial charge in [0.15, 0.2) is 0 Å². The molecule has 0 spiro atoms. The molecule has 4 heterocycles. The van der Waals surface area contributed by atoms with Crippen molar-refractivity contribution in [1.29, 1.82) is 5.26 Å². The fraction of sp³-hybridized carbons (Fsp3) is 0.364. The van der Waals surface area contributed by atoms with E-state index in [-0.39, 0.29) is 11.8 Å². The highest BCUT2D eigenvalue weighted by Crippen LogP contribution is 2.62. The largest absolute Gasteiger partial charge is 0.433 e. The average molecular weight is 402 g/mol. The quantitative estimate of drug-likeness (QED) is 0.832. The van der Waals surface area contributed by atoms with E-state index in [1.807, 2.05) is 30.3 Å². The second-order valence-electron chi connectivity index (χ2n) is 8.36. The third-order valence-electron chi connectivity index (χ3n) is 7.00. The number of hydrogen-bond acceptors (Lipinski definition) is 6. The number of aromatic nitrogens is 1. The molecule has 3 fully saturated rings. The van der Waals surface area contributed by atoms with Gasteiger partial charge in [-0.1, -0.05) is 12.1 Å². The fourth-order valence-electron chi connectivity index (χ4n) is 5.39. The summed E-state index contributed by atoms with van der Waals surface area (Å²) in [7, 11) is 0. The molecule has 2 saturated heterocycles. The maximum absolute atomic E-state index is 12.2. The average Bonchev–Trinajstić information content (AvgIpc) is 3.16. The summed E-state index contributed by atoms with van der Waals surface area (Å²) in [5.41, 5.74) is 9.29. The number of rotatable bonds is 3. The van der Waals surface area contributed by atoms with Crippen LogP contribution in [0.15, 0.2) is 36.5 Å². The Kier molecular flexibility index (Phi) is 3.37. The van der Waals surface area contributed by atoms with Gasteiger partial charge < -0.3 is 15.2 Å². The van der Waals surface area contributed by atoms with Crippen LogP contribution >= 0.6 is 0 Å². The normalized spacial score (nSPS) is 32.8. The minimum Gasteiger partial charge on any atom is -0.433 e. The minimum absolute atomic E-state index is 0.243. The fourth-order valence-corrected chi connectivity index (χ4v) is 5.39. The first-order chi connectivity index (χ1) is 14.5. The van der Waals surface area contributed by atoms with Gasteiger partial charge in [0.25, 0.3) is 5.91 Å². The number of anilines is 1. The first kappa shape index (κ1) is 17.4. The number of ether oxygens (including phenoxy) is 2. The molecule has 0 bridgehead atoms. The molecule has 3 aliphatic heterocycles. The van der Waals surface area contributed by atoms with Gasteiger partial charge in [-0.05, 0) is 35.7 Å². The monoisotopic (exact) mass is 402 g/mol. The number of fused-ring (bicyclic) bond motifs is 4. The van der Waals surface area contributed by atoms with Crippen LogP contribution in [0, 0.1) is 23.2 Å². The molecule has 30 heavy (non-hydrogen) atoms. The standard InChI is InChI=1S/C22H18N4O4/c23-10-22(14-8-29-9-15(14)22)18-4-2-12(7-25-18)11-1-3-16-13(5-11)6-17-19(20(24)27)30-21(28)26(16)17/h1-5,7,14-15,17,19H,6,8-9H2,(H2,24,27)/t14?,15?,17-,19?,22?/m0/s1. The zero-order chi connectivity index (χ0) is 20.6. The lowest BCUT2D eigenvalue weighted by Gasteiger charge is -2.14. The minimum atomic E-state index is -0.932. The molecule has 8 nitrogen and oxygen atoms in total. The van der Waals surface area contributed by atoms with Crippen molar-refractivity contribution in [3.05, 3.63) is 47.8 Å². The molecule has 2 N–H and O–H groups in total. The van der Waals surface area contributed by atoms with E-state index in [1.165, 1.54) is 4.90 Å². The highest BCUT2D eigenvalue weighted by molar-refractivity contribution is 5.99. The van der Waals surface area contributed by atoms with Gasteiger partial charge in [-0.3, -0.25) is 14.7 Å². The number of primary amides is 1. The summed E-state index contributed by atoms with van der Waals surface area (Å²) >= 11 is 0. The van der Waals surface area contributed by atoms with E-state index in [4.69, 9.17) is 15.2 Å². The van der Waals surface area contributed by atoms with Gasteiger partial charge in [0, 0.05) is 23.6 Å². The summed E-state index contributed by atoms with van der Waals surface area (Å²) in [4.78, 5) is 29.9. The van der Waals surface area contributed by atoms with E-state index in [2.05, 4.69) is 11.1 Å². The number of amides is 2. The predicted octanol–water partition coefficient (Wildman–Crippen LogP) is 1.52. The van der Waals surface area contributed by atoms with Gasteiger partial charge in [-0.25, -0.2) is 4.79 Å².